The molecule has 0 saturated heterocycles. The van der Waals surface area contributed by atoms with Crippen LogP contribution < -0.4 is 4.90 Å². The number of aryl methyl sites for hydroxylation is 2. The van der Waals surface area contributed by atoms with Gasteiger partial charge in [-0.05, 0) is 37.6 Å². The standard InChI is InChI=1S/C22H20N2O3/c1-14-7-3-4-8-16(14)22-23-18(15(2)27-22)13-21(26)24-12-11-20(25)17-9-5-6-10-19(17)24/h3-10H,11-13H2,1-2H3. The van der Waals surface area contributed by atoms with Gasteiger partial charge in [-0.2, -0.15) is 0 Å². The van der Waals surface area contributed by atoms with Crippen LogP contribution in [0.2, 0.25) is 0 Å². The van der Waals surface area contributed by atoms with Crippen molar-refractivity contribution >= 4 is 17.4 Å². The van der Waals surface area contributed by atoms with Crippen molar-refractivity contribution in [2.45, 2.75) is 26.7 Å². The number of hydrogen-bond acceptors (Lipinski definition) is 4. The number of nitrogens with zero attached hydrogens (tertiary/aromatic N) is 2. The van der Waals surface area contributed by atoms with Crippen LogP contribution in [0.4, 0.5) is 5.69 Å². The Kier molecular flexibility index (Phi) is 4.36. The number of oxazole rings is 1. The van der Waals surface area contributed by atoms with E-state index in [9.17, 15) is 9.59 Å². The summed E-state index contributed by atoms with van der Waals surface area (Å²) in [5, 5.41) is 0. The summed E-state index contributed by atoms with van der Waals surface area (Å²) in [6, 6.07) is 15.1. The van der Waals surface area contributed by atoms with Gasteiger partial charge >= 0.3 is 0 Å². The number of carbonyl (C=O) groups is 2. The molecule has 0 radical (unpaired) electrons. The normalized spacial score (nSPS) is 13.6. The average Bonchev–Trinajstić information content (AvgIpc) is 3.02. The minimum Gasteiger partial charge on any atom is -0.441 e. The highest BCUT2D eigenvalue weighted by Crippen LogP contribution is 2.29. The molecule has 5 nitrogen and oxygen atoms in total. The molecule has 0 atom stereocenters. The summed E-state index contributed by atoms with van der Waals surface area (Å²) in [6.45, 7) is 4.22. The third-order valence-electron chi connectivity index (χ3n) is 4.95. The summed E-state index contributed by atoms with van der Waals surface area (Å²) in [6.07, 6.45) is 0.485. The zero-order chi connectivity index (χ0) is 19.0. The van der Waals surface area contributed by atoms with Crippen LogP contribution in [0.25, 0.3) is 11.5 Å². The van der Waals surface area contributed by atoms with E-state index in [1.807, 2.05) is 56.3 Å². The van der Waals surface area contributed by atoms with Crippen LogP contribution in [-0.4, -0.2) is 23.2 Å². The molecule has 0 bridgehead atoms. The predicted octanol–water partition coefficient (Wildman–Crippen LogP) is 4.12. The second kappa shape index (κ2) is 6.83. The summed E-state index contributed by atoms with van der Waals surface area (Å²) in [4.78, 5) is 31.3. The largest absolute Gasteiger partial charge is 0.441 e. The Labute approximate surface area is 157 Å². The van der Waals surface area contributed by atoms with Gasteiger partial charge in [0.1, 0.15) is 5.76 Å². The van der Waals surface area contributed by atoms with Gasteiger partial charge < -0.3 is 9.32 Å². The number of amides is 1. The van der Waals surface area contributed by atoms with Crippen molar-refractivity contribution < 1.29 is 14.0 Å². The minimum atomic E-state index is -0.0808. The number of carbonyl (C=O) groups excluding carboxylic acids is 2. The van der Waals surface area contributed by atoms with Crippen molar-refractivity contribution in [2.75, 3.05) is 11.4 Å². The first-order chi connectivity index (χ1) is 13.0. The first kappa shape index (κ1) is 17.2. The summed E-state index contributed by atoms with van der Waals surface area (Å²) >= 11 is 0. The van der Waals surface area contributed by atoms with E-state index in [0.717, 1.165) is 11.1 Å². The smallest absolute Gasteiger partial charge is 0.233 e. The van der Waals surface area contributed by atoms with Gasteiger partial charge in [-0.1, -0.05) is 30.3 Å². The van der Waals surface area contributed by atoms with E-state index in [0.29, 0.717) is 41.6 Å². The lowest BCUT2D eigenvalue weighted by Crippen LogP contribution is -2.38. The Hall–Kier alpha value is -3.21. The van der Waals surface area contributed by atoms with Crippen LogP contribution in [0.5, 0.6) is 0 Å². The lowest BCUT2D eigenvalue weighted by Gasteiger charge is -2.28. The van der Waals surface area contributed by atoms with Crippen molar-refractivity contribution in [3.63, 3.8) is 0 Å². The molecule has 4 rings (SSSR count). The zero-order valence-electron chi connectivity index (χ0n) is 15.4. The second-order valence-electron chi connectivity index (χ2n) is 6.75. The van der Waals surface area contributed by atoms with Crippen molar-refractivity contribution in [3.05, 3.63) is 71.1 Å². The fourth-order valence-electron chi connectivity index (χ4n) is 3.43. The Bertz CT molecular complexity index is 1040. The van der Waals surface area contributed by atoms with Crippen LogP contribution >= 0.6 is 0 Å². The lowest BCUT2D eigenvalue weighted by atomic mass is 10.00. The summed E-state index contributed by atoms with van der Waals surface area (Å²) < 4.78 is 5.82. The van der Waals surface area contributed by atoms with Crippen molar-refractivity contribution in [3.8, 4) is 11.5 Å². The van der Waals surface area contributed by atoms with Crippen LogP contribution in [-0.2, 0) is 11.2 Å². The van der Waals surface area contributed by atoms with E-state index in [1.54, 1.807) is 11.0 Å². The van der Waals surface area contributed by atoms with Gasteiger partial charge in [0.2, 0.25) is 11.8 Å². The third kappa shape index (κ3) is 3.16. The fraction of sp³-hybridized carbons (Fsp3) is 0.227. The maximum absolute atomic E-state index is 12.9. The highest BCUT2D eigenvalue weighted by molar-refractivity contribution is 6.09. The Morgan fingerprint density at radius 3 is 2.56 bits per heavy atom. The quantitative estimate of drug-likeness (QED) is 0.705. The Balaban J connectivity index is 1.60. The third-order valence-corrected chi connectivity index (χ3v) is 4.95. The zero-order valence-corrected chi connectivity index (χ0v) is 15.4. The van der Waals surface area contributed by atoms with Gasteiger partial charge in [-0.25, -0.2) is 4.98 Å². The average molecular weight is 360 g/mol. The molecule has 5 heteroatoms. The number of ketones is 1. The van der Waals surface area contributed by atoms with E-state index in [4.69, 9.17) is 4.42 Å². The molecule has 1 aliphatic heterocycles. The number of rotatable bonds is 3. The molecule has 1 aliphatic rings. The van der Waals surface area contributed by atoms with Crippen LogP contribution in [0.3, 0.4) is 0 Å². The maximum atomic E-state index is 12.9. The predicted molar refractivity (Wildman–Crippen MR) is 103 cm³/mol. The Morgan fingerprint density at radius 2 is 1.78 bits per heavy atom. The molecule has 27 heavy (non-hydrogen) atoms. The van der Waals surface area contributed by atoms with Gasteiger partial charge in [-0.15, -0.1) is 0 Å². The fourth-order valence-corrected chi connectivity index (χ4v) is 3.43. The number of aromatic nitrogens is 1. The van der Waals surface area contributed by atoms with Crippen LogP contribution in [0, 0.1) is 13.8 Å². The van der Waals surface area contributed by atoms with E-state index < -0.39 is 0 Å². The summed E-state index contributed by atoms with van der Waals surface area (Å²) in [5.41, 5.74) is 3.91. The molecule has 0 aliphatic carbocycles. The molecule has 136 valence electrons. The topological polar surface area (TPSA) is 63.4 Å². The number of Topliss-reactive ketones (excluding diaryl/α,β-unsaturated/α-hetero) is 1. The molecule has 2 heterocycles. The highest BCUT2D eigenvalue weighted by atomic mass is 16.4. The molecule has 1 aromatic heterocycles. The lowest BCUT2D eigenvalue weighted by molar-refractivity contribution is -0.118. The monoisotopic (exact) mass is 360 g/mol. The van der Waals surface area contributed by atoms with E-state index in [1.165, 1.54) is 0 Å². The number of fused-ring (bicyclic) bond motifs is 1. The van der Waals surface area contributed by atoms with E-state index >= 15 is 0 Å². The van der Waals surface area contributed by atoms with Gasteiger partial charge in [0.15, 0.2) is 5.78 Å². The molecular formula is C22H20N2O3. The first-order valence-corrected chi connectivity index (χ1v) is 8.99. The van der Waals surface area contributed by atoms with Crippen molar-refractivity contribution in [1.29, 1.82) is 0 Å². The highest BCUT2D eigenvalue weighted by Gasteiger charge is 2.28. The van der Waals surface area contributed by atoms with Crippen molar-refractivity contribution in [1.82, 2.24) is 4.98 Å². The number of benzene rings is 2. The Morgan fingerprint density at radius 1 is 1.07 bits per heavy atom. The van der Waals surface area contributed by atoms with Crippen LogP contribution in [0.15, 0.2) is 52.9 Å². The van der Waals surface area contributed by atoms with Gasteiger partial charge in [0.25, 0.3) is 0 Å². The summed E-state index contributed by atoms with van der Waals surface area (Å²) in [5.74, 6) is 1.17. The molecule has 1 amide bonds. The number of anilines is 1. The van der Waals surface area contributed by atoms with Gasteiger partial charge in [0.05, 0.1) is 17.8 Å². The van der Waals surface area contributed by atoms with Crippen LogP contribution in [0.1, 0.15) is 33.8 Å². The van der Waals surface area contributed by atoms with Crippen molar-refractivity contribution in [2.24, 2.45) is 0 Å². The molecule has 3 aromatic rings. The van der Waals surface area contributed by atoms with Gasteiger partial charge in [0, 0.05) is 24.1 Å². The SMILES string of the molecule is Cc1ccccc1-c1nc(CC(=O)N2CCC(=O)c3ccccc32)c(C)o1. The van der Waals surface area contributed by atoms with Gasteiger partial charge in [-0.3, -0.25) is 9.59 Å². The molecule has 0 spiro atoms. The molecule has 2 aromatic carbocycles. The van der Waals surface area contributed by atoms with E-state index in [-0.39, 0.29) is 18.1 Å². The molecule has 0 N–H and O–H groups in total. The number of hydrogen-bond donors (Lipinski definition) is 0. The second-order valence-corrected chi connectivity index (χ2v) is 6.75. The molecule has 0 unspecified atom stereocenters. The maximum Gasteiger partial charge on any atom is 0.233 e. The molecular weight excluding hydrogens is 340 g/mol. The van der Waals surface area contributed by atoms with E-state index in [2.05, 4.69) is 4.98 Å². The minimum absolute atomic E-state index is 0.0779. The first-order valence-electron chi connectivity index (χ1n) is 8.99. The summed E-state index contributed by atoms with van der Waals surface area (Å²) in [7, 11) is 0. The molecule has 0 saturated carbocycles. The number of para-hydroxylation sites is 1. The molecule has 0 fully saturated rings.